The summed E-state index contributed by atoms with van der Waals surface area (Å²) in [6, 6.07) is 9.94. The molecule has 0 fully saturated rings. The summed E-state index contributed by atoms with van der Waals surface area (Å²) in [6.45, 7) is 1.26. The first-order chi connectivity index (χ1) is 8.81. The molecule has 0 saturated heterocycles. The Bertz CT molecular complexity index is 489. The largest absolute Gasteiger partial charge is 0.333 e. The molecule has 0 atom stereocenters. The summed E-state index contributed by atoms with van der Waals surface area (Å²) in [5, 5.41) is 4.45. The van der Waals surface area contributed by atoms with Crippen LogP contribution in [0.3, 0.4) is 0 Å². The van der Waals surface area contributed by atoms with Gasteiger partial charge < -0.3 is 4.90 Å². The van der Waals surface area contributed by atoms with Crippen LogP contribution in [0.25, 0.3) is 0 Å². The number of benzene rings is 1. The summed E-state index contributed by atoms with van der Waals surface area (Å²) in [6.07, 6.45) is 1.51. The van der Waals surface area contributed by atoms with Crippen molar-refractivity contribution in [2.24, 2.45) is 0 Å². The zero-order valence-electron chi connectivity index (χ0n) is 9.62. The van der Waals surface area contributed by atoms with Crippen molar-refractivity contribution in [1.82, 2.24) is 14.5 Å². The molecule has 6 heteroatoms. The fraction of sp³-hybridized carbons (Fsp3) is 0.250. The molecular weight excluding hydrogens is 314 g/mol. The lowest BCUT2D eigenvalue weighted by Gasteiger charge is -2.20. The third kappa shape index (κ3) is 3.36. The minimum Gasteiger partial charge on any atom is -0.333 e. The fourth-order valence-electron chi connectivity index (χ4n) is 1.58. The zero-order chi connectivity index (χ0) is 12.8. The molecule has 0 radical (unpaired) electrons. The Morgan fingerprint density at radius 3 is 2.72 bits per heavy atom. The van der Waals surface area contributed by atoms with E-state index in [9.17, 15) is 4.79 Å². The second kappa shape index (κ2) is 6.61. The number of nitrogens with zero attached hydrogens (tertiary/aromatic N) is 3. The summed E-state index contributed by atoms with van der Waals surface area (Å²) < 4.78 is 3.73. The molecule has 18 heavy (non-hydrogen) atoms. The molecule has 0 unspecified atom stereocenters. The van der Waals surface area contributed by atoms with Gasteiger partial charge >= 0.3 is 0 Å². The van der Waals surface area contributed by atoms with Crippen LogP contribution in [0, 0.1) is 0 Å². The normalized spacial score (nSPS) is 10.3. The highest BCUT2D eigenvalue weighted by atomic mass is 79.9. The number of rotatable bonds is 5. The van der Waals surface area contributed by atoms with Gasteiger partial charge in [-0.3, -0.25) is 4.79 Å². The van der Waals surface area contributed by atoms with Gasteiger partial charge in [0.25, 0.3) is 5.91 Å². The minimum atomic E-state index is -0.0201. The van der Waals surface area contributed by atoms with Gasteiger partial charge in [-0.15, -0.1) is 5.10 Å². The van der Waals surface area contributed by atoms with Crippen LogP contribution in [0.4, 0.5) is 0 Å². The maximum atomic E-state index is 12.2. The van der Waals surface area contributed by atoms with Crippen molar-refractivity contribution in [3.05, 3.63) is 47.0 Å². The highest BCUT2D eigenvalue weighted by Crippen LogP contribution is 2.12. The van der Waals surface area contributed by atoms with E-state index in [-0.39, 0.29) is 5.91 Å². The Morgan fingerprint density at radius 1 is 1.33 bits per heavy atom. The molecule has 1 aromatic carbocycles. The fourth-order valence-corrected chi connectivity index (χ4v) is 2.49. The predicted octanol–water partition coefficient (Wildman–Crippen LogP) is 2.58. The molecule has 1 heterocycles. The number of carbonyl (C=O) groups excluding carboxylic acids is 1. The molecule has 0 aliphatic carbocycles. The smallest absolute Gasteiger partial charge is 0.267 e. The molecule has 1 amide bonds. The molecule has 0 saturated carbocycles. The van der Waals surface area contributed by atoms with Crippen LogP contribution in [0.15, 0.2) is 36.5 Å². The van der Waals surface area contributed by atoms with Crippen LogP contribution in [-0.4, -0.2) is 32.3 Å². The second-order valence-corrected chi connectivity index (χ2v) is 5.26. The van der Waals surface area contributed by atoms with Crippen molar-refractivity contribution >= 4 is 33.4 Å². The van der Waals surface area contributed by atoms with E-state index in [1.165, 1.54) is 6.20 Å². The van der Waals surface area contributed by atoms with E-state index in [0.29, 0.717) is 18.0 Å². The number of aromatic nitrogens is 2. The Kier molecular flexibility index (Phi) is 4.83. The van der Waals surface area contributed by atoms with E-state index in [4.69, 9.17) is 0 Å². The Hall–Kier alpha value is -1.27. The monoisotopic (exact) mass is 325 g/mol. The molecule has 0 aliphatic rings. The first-order valence-corrected chi connectivity index (χ1v) is 7.37. The van der Waals surface area contributed by atoms with Crippen LogP contribution in [-0.2, 0) is 6.54 Å². The van der Waals surface area contributed by atoms with Gasteiger partial charge in [0, 0.05) is 18.4 Å². The van der Waals surface area contributed by atoms with Gasteiger partial charge in [0.1, 0.15) is 4.88 Å². The lowest BCUT2D eigenvalue weighted by atomic mass is 10.2. The Balaban J connectivity index is 2.11. The van der Waals surface area contributed by atoms with Gasteiger partial charge in [-0.25, -0.2) is 0 Å². The topological polar surface area (TPSA) is 46.1 Å². The molecule has 4 nitrogen and oxygen atoms in total. The van der Waals surface area contributed by atoms with E-state index in [2.05, 4.69) is 25.5 Å². The first kappa shape index (κ1) is 13.2. The maximum Gasteiger partial charge on any atom is 0.267 e. The summed E-state index contributed by atoms with van der Waals surface area (Å²) >= 11 is 4.50. The predicted molar refractivity (Wildman–Crippen MR) is 74.9 cm³/mol. The SMILES string of the molecule is O=C(c1cnns1)N(CCBr)Cc1ccccc1. The Morgan fingerprint density at radius 2 is 2.11 bits per heavy atom. The number of hydrogen-bond acceptors (Lipinski definition) is 4. The van der Waals surface area contributed by atoms with E-state index in [1.807, 2.05) is 30.3 Å². The van der Waals surface area contributed by atoms with Gasteiger partial charge in [-0.05, 0) is 17.1 Å². The van der Waals surface area contributed by atoms with Crippen molar-refractivity contribution in [2.75, 3.05) is 11.9 Å². The van der Waals surface area contributed by atoms with E-state index >= 15 is 0 Å². The lowest BCUT2D eigenvalue weighted by molar-refractivity contribution is 0.0759. The molecular formula is C12H12BrN3OS. The van der Waals surface area contributed by atoms with Crippen LogP contribution < -0.4 is 0 Å². The van der Waals surface area contributed by atoms with E-state index in [1.54, 1.807) is 4.90 Å². The van der Waals surface area contributed by atoms with Gasteiger partial charge in [0.2, 0.25) is 0 Å². The average molecular weight is 326 g/mol. The van der Waals surface area contributed by atoms with Gasteiger partial charge in [0.05, 0.1) is 6.20 Å². The summed E-state index contributed by atoms with van der Waals surface area (Å²) in [4.78, 5) is 14.6. The maximum absolute atomic E-state index is 12.2. The van der Waals surface area contributed by atoms with Crippen LogP contribution in [0.5, 0.6) is 0 Å². The molecule has 0 N–H and O–H groups in total. The van der Waals surface area contributed by atoms with E-state index in [0.717, 1.165) is 22.4 Å². The third-order valence-electron chi connectivity index (χ3n) is 2.43. The molecule has 2 aromatic rings. The number of carbonyl (C=O) groups is 1. The van der Waals surface area contributed by atoms with Gasteiger partial charge in [0.15, 0.2) is 0 Å². The van der Waals surface area contributed by atoms with Crippen molar-refractivity contribution in [3.8, 4) is 0 Å². The van der Waals surface area contributed by atoms with Crippen molar-refractivity contribution < 1.29 is 4.79 Å². The lowest BCUT2D eigenvalue weighted by Crippen LogP contribution is -2.31. The molecule has 0 aliphatic heterocycles. The number of halogens is 1. The molecule has 1 aromatic heterocycles. The van der Waals surface area contributed by atoms with E-state index < -0.39 is 0 Å². The van der Waals surface area contributed by atoms with Gasteiger partial charge in [-0.1, -0.05) is 50.8 Å². The highest BCUT2D eigenvalue weighted by Gasteiger charge is 2.17. The molecule has 2 rings (SSSR count). The van der Waals surface area contributed by atoms with Crippen molar-refractivity contribution in [3.63, 3.8) is 0 Å². The van der Waals surface area contributed by atoms with Crippen LogP contribution in [0.2, 0.25) is 0 Å². The Labute approximate surface area is 118 Å². The van der Waals surface area contributed by atoms with Crippen LogP contribution >= 0.6 is 27.5 Å². The van der Waals surface area contributed by atoms with Crippen LogP contribution in [0.1, 0.15) is 15.2 Å². The first-order valence-electron chi connectivity index (χ1n) is 5.48. The number of alkyl halides is 1. The summed E-state index contributed by atoms with van der Waals surface area (Å²) in [5.41, 5.74) is 1.12. The molecule has 0 bridgehead atoms. The second-order valence-electron chi connectivity index (χ2n) is 3.68. The standard InChI is InChI=1S/C12H12BrN3OS/c13-6-7-16(9-10-4-2-1-3-5-10)12(17)11-8-14-15-18-11/h1-5,8H,6-7,9H2. The highest BCUT2D eigenvalue weighted by molar-refractivity contribution is 9.09. The summed E-state index contributed by atoms with van der Waals surface area (Å²) in [7, 11) is 0. The van der Waals surface area contributed by atoms with Gasteiger partial charge in [-0.2, -0.15) is 0 Å². The van der Waals surface area contributed by atoms with Crippen molar-refractivity contribution in [1.29, 1.82) is 0 Å². The van der Waals surface area contributed by atoms with Crippen molar-refractivity contribution in [2.45, 2.75) is 6.54 Å². The molecule has 0 spiro atoms. The number of hydrogen-bond donors (Lipinski definition) is 0. The zero-order valence-corrected chi connectivity index (χ0v) is 12.0. The summed E-state index contributed by atoms with van der Waals surface area (Å²) in [5.74, 6) is -0.0201. The average Bonchev–Trinajstić information content (AvgIpc) is 2.92. The third-order valence-corrected chi connectivity index (χ3v) is 3.44. The quantitative estimate of drug-likeness (QED) is 0.794. The number of amides is 1. The minimum absolute atomic E-state index is 0.0201. The molecule has 94 valence electrons.